The molecule has 5 heteroatoms. The molecule has 1 aromatic carbocycles. The van der Waals surface area contributed by atoms with Crippen LogP contribution in [0.2, 0.25) is 0 Å². The van der Waals surface area contributed by atoms with Crippen LogP contribution in [-0.2, 0) is 7.05 Å². The van der Waals surface area contributed by atoms with Gasteiger partial charge in [-0.15, -0.1) is 0 Å². The summed E-state index contributed by atoms with van der Waals surface area (Å²) in [7, 11) is 1.71. The van der Waals surface area contributed by atoms with Crippen LogP contribution in [0.5, 0.6) is 5.75 Å². The van der Waals surface area contributed by atoms with Crippen LogP contribution >= 0.6 is 0 Å². The quantitative estimate of drug-likeness (QED) is 0.834. The highest BCUT2D eigenvalue weighted by molar-refractivity contribution is 5.62. The largest absolute Gasteiger partial charge is 0.491 e. The summed E-state index contributed by atoms with van der Waals surface area (Å²) in [4.78, 5) is 0. The van der Waals surface area contributed by atoms with Crippen LogP contribution in [0.15, 0.2) is 24.3 Å². The zero-order chi connectivity index (χ0) is 13.1. The zero-order valence-corrected chi connectivity index (χ0v) is 10.1. The molecule has 0 atom stereocenters. The first kappa shape index (κ1) is 12.1. The highest BCUT2D eigenvalue weighted by atomic mass is 19.1. The number of hydrogen-bond donors (Lipinski definition) is 0. The molecule has 0 radical (unpaired) electrons. The van der Waals surface area contributed by atoms with Gasteiger partial charge in [-0.1, -0.05) is 0 Å². The number of halogens is 1. The van der Waals surface area contributed by atoms with E-state index in [1.165, 1.54) is 6.07 Å². The minimum absolute atomic E-state index is 0.226. The van der Waals surface area contributed by atoms with Gasteiger partial charge in [0.25, 0.3) is 0 Å². The van der Waals surface area contributed by atoms with Crippen molar-refractivity contribution < 1.29 is 9.13 Å². The molecule has 1 aromatic heterocycles. The third-order valence-electron chi connectivity index (χ3n) is 2.52. The SMILES string of the molecule is CCOc1ccc(-c2cc(C#N)nn2C)cc1F. The minimum Gasteiger partial charge on any atom is -0.491 e. The van der Waals surface area contributed by atoms with E-state index in [4.69, 9.17) is 10.00 Å². The van der Waals surface area contributed by atoms with Crippen molar-refractivity contribution in [2.75, 3.05) is 6.61 Å². The van der Waals surface area contributed by atoms with Crippen molar-refractivity contribution in [2.24, 2.45) is 7.05 Å². The van der Waals surface area contributed by atoms with Crippen LogP contribution in [0.1, 0.15) is 12.6 Å². The average molecular weight is 245 g/mol. The van der Waals surface area contributed by atoms with E-state index in [0.29, 0.717) is 23.6 Å². The Labute approximate surface area is 104 Å². The van der Waals surface area contributed by atoms with Gasteiger partial charge in [-0.25, -0.2) is 4.39 Å². The zero-order valence-electron chi connectivity index (χ0n) is 10.1. The first-order chi connectivity index (χ1) is 8.65. The first-order valence-electron chi connectivity index (χ1n) is 5.52. The van der Waals surface area contributed by atoms with Crippen LogP contribution in [0, 0.1) is 17.1 Å². The number of hydrogen-bond acceptors (Lipinski definition) is 3. The van der Waals surface area contributed by atoms with Gasteiger partial charge in [0.2, 0.25) is 0 Å². The fourth-order valence-electron chi connectivity index (χ4n) is 1.72. The lowest BCUT2D eigenvalue weighted by Crippen LogP contribution is -1.97. The summed E-state index contributed by atoms with van der Waals surface area (Å²) in [6.45, 7) is 2.22. The van der Waals surface area contributed by atoms with Crippen molar-refractivity contribution in [1.29, 1.82) is 5.26 Å². The van der Waals surface area contributed by atoms with Gasteiger partial charge in [-0.05, 0) is 25.1 Å². The molecule has 0 N–H and O–H groups in total. The molecule has 1 heterocycles. The smallest absolute Gasteiger partial charge is 0.165 e. The van der Waals surface area contributed by atoms with Crippen molar-refractivity contribution in [3.8, 4) is 23.1 Å². The number of nitriles is 1. The second kappa shape index (κ2) is 4.88. The van der Waals surface area contributed by atoms with Crippen molar-refractivity contribution in [3.63, 3.8) is 0 Å². The first-order valence-corrected chi connectivity index (χ1v) is 5.52. The number of aryl methyl sites for hydroxylation is 1. The molecule has 0 bridgehead atoms. The van der Waals surface area contributed by atoms with Gasteiger partial charge in [0.05, 0.1) is 12.3 Å². The molecule has 0 saturated heterocycles. The Morgan fingerprint density at radius 1 is 1.44 bits per heavy atom. The van der Waals surface area contributed by atoms with Gasteiger partial charge in [-0.2, -0.15) is 10.4 Å². The molecule has 2 rings (SSSR count). The summed E-state index contributed by atoms with van der Waals surface area (Å²) in [6.07, 6.45) is 0. The van der Waals surface area contributed by atoms with Crippen LogP contribution in [0.4, 0.5) is 4.39 Å². The number of benzene rings is 1. The van der Waals surface area contributed by atoms with Crippen LogP contribution in [0.3, 0.4) is 0 Å². The molecule has 0 aliphatic carbocycles. The highest BCUT2D eigenvalue weighted by Gasteiger charge is 2.10. The van der Waals surface area contributed by atoms with Crippen molar-refractivity contribution in [2.45, 2.75) is 6.92 Å². The topological polar surface area (TPSA) is 50.8 Å². The van der Waals surface area contributed by atoms with Crippen LogP contribution < -0.4 is 4.74 Å². The summed E-state index contributed by atoms with van der Waals surface area (Å²) in [6, 6.07) is 8.27. The second-order valence-electron chi connectivity index (χ2n) is 3.73. The molecule has 0 fully saturated rings. The summed E-state index contributed by atoms with van der Waals surface area (Å²) >= 11 is 0. The van der Waals surface area contributed by atoms with E-state index in [-0.39, 0.29) is 5.75 Å². The molecule has 92 valence electrons. The van der Waals surface area contributed by atoms with E-state index in [9.17, 15) is 4.39 Å². The van der Waals surface area contributed by atoms with Gasteiger partial charge < -0.3 is 4.74 Å². The van der Waals surface area contributed by atoms with Gasteiger partial charge >= 0.3 is 0 Å². The van der Waals surface area contributed by atoms with Gasteiger partial charge in [-0.3, -0.25) is 4.68 Å². The van der Waals surface area contributed by atoms with Gasteiger partial charge in [0.15, 0.2) is 17.3 Å². The third kappa shape index (κ3) is 2.18. The molecular weight excluding hydrogens is 233 g/mol. The van der Waals surface area contributed by atoms with Crippen molar-refractivity contribution >= 4 is 0 Å². The minimum atomic E-state index is -0.422. The molecular formula is C13H12FN3O. The third-order valence-corrected chi connectivity index (χ3v) is 2.52. The Bertz CT molecular complexity index is 613. The number of aromatic nitrogens is 2. The monoisotopic (exact) mass is 245 g/mol. The van der Waals surface area contributed by atoms with E-state index in [2.05, 4.69) is 5.10 Å². The van der Waals surface area contributed by atoms with Crippen molar-refractivity contribution in [1.82, 2.24) is 9.78 Å². The summed E-state index contributed by atoms with van der Waals surface area (Å²) in [5.74, 6) is -0.196. The molecule has 0 aliphatic heterocycles. The second-order valence-corrected chi connectivity index (χ2v) is 3.73. The average Bonchev–Trinajstić information content (AvgIpc) is 2.73. The normalized spacial score (nSPS) is 10.1. The van der Waals surface area contributed by atoms with E-state index < -0.39 is 5.82 Å². The Kier molecular flexibility index (Phi) is 3.28. The maximum atomic E-state index is 13.7. The molecule has 0 unspecified atom stereocenters. The van der Waals surface area contributed by atoms with E-state index in [1.807, 2.05) is 6.07 Å². The van der Waals surface area contributed by atoms with Crippen LogP contribution in [-0.4, -0.2) is 16.4 Å². The highest BCUT2D eigenvalue weighted by Crippen LogP contribution is 2.25. The fraction of sp³-hybridized carbons (Fsp3) is 0.231. The van der Waals surface area contributed by atoms with E-state index >= 15 is 0 Å². The summed E-state index contributed by atoms with van der Waals surface area (Å²) in [5, 5.41) is 12.8. The summed E-state index contributed by atoms with van der Waals surface area (Å²) in [5.41, 5.74) is 1.66. The maximum Gasteiger partial charge on any atom is 0.165 e. The van der Waals surface area contributed by atoms with Crippen LogP contribution in [0.25, 0.3) is 11.3 Å². The standard InChI is InChI=1S/C13H12FN3O/c1-3-18-13-5-4-9(6-11(13)14)12-7-10(8-15)16-17(12)2/h4-7H,3H2,1-2H3. The molecule has 0 spiro atoms. The predicted molar refractivity (Wildman–Crippen MR) is 64.5 cm³/mol. The number of nitrogens with zero attached hydrogens (tertiary/aromatic N) is 3. The lowest BCUT2D eigenvalue weighted by Gasteiger charge is -2.06. The lowest BCUT2D eigenvalue weighted by molar-refractivity contribution is 0.321. The Hall–Kier alpha value is -2.35. The molecule has 0 saturated carbocycles. The summed E-state index contributed by atoms with van der Waals surface area (Å²) < 4.78 is 20.4. The van der Waals surface area contributed by atoms with Gasteiger partial charge in [0, 0.05) is 18.7 Å². The molecule has 0 amide bonds. The molecule has 2 aromatic rings. The Morgan fingerprint density at radius 2 is 2.22 bits per heavy atom. The number of rotatable bonds is 3. The fourth-order valence-corrected chi connectivity index (χ4v) is 1.72. The van der Waals surface area contributed by atoms with E-state index in [1.54, 1.807) is 36.9 Å². The van der Waals surface area contributed by atoms with Gasteiger partial charge in [0.1, 0.15) is 6.07 Å². The van der Waals surface area contributed by atoms with Crippen molar-refractivity contribution in [3.05, 3.63) is 35.8 Å². The molecule has 18 heavy (non-hydrogen) atoms. The molecule has 0 aliphatic rings. The molecule has 4 nitrogen and oxygen atoms in total. The Morgan fingerprint density at radius 3 is 2.78 bits per heavy atom. The number of ether oxygens (including phenoxy) is 1. The predicted octanol–water partition coefficient (Wildman–Crippen LogP) is 2.50. The lowest BCUT2D eigenvalue weighted by atomic mass is 10.1. The van der Waals surface area contributed by atoms with E-state index in [0.717, 1.165) is 0 Å². The Balaban J connectivity index is 2.42. The maximum absolute atomic E-state index is 13.7.